The maximum atomic E-state index is 13.2. The molecule has 1 aliphatic heterocycles. The van der Waals surface area contributed by atoms with Gasteiger partial charge in [0.2, 0.25) is 0 Å². The molecule has 2 heterocycles. The summed E-state index contributed by atoms with van der Waals surface area (Å²) in [4.78, 5) is 22.0. The summed E-state index contributed by atoms with van der Waals surface area (Å²) >= 11 is 0. The molecule has 4 nitrogen and oxygen atoms in total. The van der Waals surface area contributed by atoms with Gasteiger partial charge in [-0.3, -0.25) is 9.78 Å². The Morgan fingerprint density at radius 1 is 1.06 bits per heavy atom. The molecule has 1 saturated heterocycles. The summed E-state index contributed by atoms with van der Waals surface area (Å²) in [6, 6.07) is 20.3. The van der Waals surface area contributed by atoms with Crippen LogP contribution >= 0.6 is 0 Å². The normalized spacial score (nSPS) is 16.5. The molecule has 0 spiro atoms. The van der Waals surface area contributed by atoms with E-state index in [0.717, 1.165) is 48.4 Å². The Morgan fingerprint density at radius 2 is 1.81 bits per heavy atom. The van der Waals surface area contributed by atoms with E-state index in [-0.39, 0.29) is 17.6 Å². The fraction of sp³-hybridized carbons (Fsp3) is 0.308. The lowest BCUT2D eigenvalue weighted by atomic mass is 9.93. The van der Waals surface area contributed by atoms with Crippen LogP contribution in [0.25, 0.3) is 11.3 Å². The summed E-state index contributed by atoms with van der Waals surface area (Å²) in [5.41, 5.74) is 4.64. The first-order valence-electron chi connectivity index (χ1n) is 10.8. The van der Waals surface area contributed by atoms with Crippen molar-refractivity contribution in [2.24, 2.45) is 0 Å². The number of piperidine rings is 1. The van der Waals surface area contributed by atoms with Crippen LogP contribution in [0.4, 0.5) is 4.39 Å². The van der Waals surface area contributed by atoms with E-state index in [1.54, 1.807) is 12.1 Å². The van der Waals surface area contributed by atoms with Gasteiger partial charge in [-0.1, -0.05) is 18.2 Å². The Kier molecular flexibility index (Phi) is 6.42. The smallest absolute Gasteiger partial charge is 0.253 e. The number of carbonyl (C=O) groups excluding carboxylic acids is 1. The average molecular weight is 418 g/mol. The van der Waals surface area contributed by atoms with Gasteiger partial charge in [-0.2, -0.15) is 0 Å². The lowest BCUT2D eigenvalue weighted by Gasteiger charge is -2.32. The van der Waals surface area contributed by atoms with Gasteiger partial charge in [-0.05, 0) is 81.0 Å². The zero-order valence-corrected chi connectivity index (χ0v) is 18.1. The second kappa shape index (κ2) is 9.40. The molecule has 5 heteroatoms. The Balaban J connectivity index is 1.48. The molecule has 160 valence electrons. The molecule has 1 atom stereocenters. The number of amides is 1. The first-order chi connectivity index (χ1) is 15.0. The van der Waals surface area contributed by atoms with Crippen molar-refractivity contribution in [2.75, 3.05) is 27.2 Å². The van der Waals surface area contributed by atoms with Gasteiger partial charge < -0.3 is 9.80 Å². The van der Waals surface area contributed by atoms with Gasteiger partial charge in [0.15, 0.2) is 0 Å². The summed E-state index contributed by atoms with van der Waals surface area (Å²) in [5.74, 6) is 0.0259. The highest BCUT2D eigenvalue weighted by atomic mass is 19.1. The van der Waals surface area contributed by atoms with Crippen LogP contribution < -0.4 is 0 Å². The van der Waals surface area contributed by atoms with Crippen LogP contribution in [0.3, 0.4) is 0 Å². The third-order valence-electron chi connectivity index (χ3n) is 5.74. The van der Waals surface area contributed by atoms with Crippen LogP contribution in [0.2, 0.25) is 0 Å². The second-order valence-corrected chi connectivity index (χ2v) is 8.48. The monoisotopic (exact) mass is 417 g/mol. The van der Waals surface area contributed by atoms with E-state index in [0.29, 0.717) is 6.54 Å². The van der Waals surface area contributed by atoms with Crippen molar-refractivity contribution in [3.8, 4) is 11.3 Å². The third-order valence-corrected chi connectivity index (χ3v) is 5.74. The fourth-order valence-electron chi connectivity index (χ4n) is 4.16. The molecule has 0 saturated carbocycles. The summed E-state index contributed by atoms with van der Waals surface area (Å²) in [6.07, 6.45) is 1.96. The van der Waals surface area contributed by atoms with Gasteiger partial charge in [0.25, 0.3) is 5.91 Å². The summed E-state index contributed by atoms with van der Waals surface area (Å²) < 4.78 is 13.2. The van der Waals surface area contributed by atoms with E-state index < -0.39 is 0 Å². The molecular formula is C26H28FN3O. The molecule has 0 aliphatic carbocycles. The van der Waals surface area contributed by atoms with Crippen LogP contribution in [-0.4, -0.2) is 47.9 Å². The van der Waals surface area contributed by atoms with Gasteiger partial charge in [0.05, 0.1) is 5.69 Å². The van der Waals surface area contributed by atoms with Crippen molar-refractivity contribution in [2.45, 2.75) is 25.3 Å². The molecule has 1 amide bonds. The Bertz CT molecular complexity index is 1030. The second-order valence-electron chi connectivity index (χ2n) is 8.48. The topological polar surface area (TPSA) is 36.4 Å². The number of pyridine rings is 1. The van der Waals surface area contributed by atoms with Crippen LogP contribution in [-0.2, 0) is 6.54 Å². The number of hydrogen-bond donors (Lipinski definition) is 0. The maximum absolute atomic E-state index is 13.2. The van der Waals surface area contributed by atoms with E-state index >= 15 is 0 Å². The van der Waals surface area contributed by atoms with Crippen molar-refractivity contribution in [3.05, 3.63) is 89.4 Å². The number of nitrogens with zero attached hydrogens (tertiary/aromatic N) is 3. The predicted molar refractivity (Wildman–Crippen MR) is 121 cm³/mol. The standard InChI is InChI=1S/C26H28FN3O/c1-29(2)17-19-8-10-21(11-9-19)26(31)30-16-4-5-22(18-30)25-7-3-6-24(28-25)20-12-14-23(27)15-13-20/h3,6-15,22H,4-5,16-18H2,1-2H3/t22-/m1/s1. The largest absolute Gasteiger partial charge is 0.338 e. The zero-order valence-electron chi connectivity index (χ0n) is 18.1. The molecular weight excluding hydrogens is 389 g/mol. The minimum absolute atomic E-state index is 0.0794. The van der Waals surface area contributed by atoms with Gasteiger partial charge in [-0.15, -0.1) is 0 Å². The number of carbonyl (C=O) groups is 1. The van der Waals surface area contributed by atoms with E-state index in [4.69, 9.17) is 4.98 Å². The Labute approximate surface area is 183 Å². The van der Waals surface area contributed by atoms with Crippen LogP contribution in [0.15, 0.2) is 66.7 Å². The van der Waals surface area contributed by atoms with E-state index in [1.165, 1.54) is 17.7 Å². The number of rotatable bonds is 5. The minimum atomic E-state index is -0.254. The molecule has 1 fully saturated rings. The molecule has 4 rings (SSSR count). The molecule has 3 aromatic rings. The van der Waals surface area contributed by atoms with Crippen molar-refractivity contribution in [3.63, 3.8) is 0 Å². The number of benzene rings is 2. The highest BCUT2D eigenvalue weighted by molar-refractivity contribution is 5.94. The lowest BCUT2D eigenvalue weighted by molar-refractivity contribution is 0.0706. The third kappa shape index (κ3) is 5.17. The van der Waals surface area contributed by atoms with Gasteiger partial charge in [0, 0.05) is 42.4 Å². The Hall–Kier alpha value is -3.05. The highest BCUT2D eigenvalue weighted by Crippen LogP contribution is 2.28. The summed E-state index contributed by atoms with van der Waals surface area (Å²) in [5, 5.41) is 0. The number of hydrogen-bond acceptors (Lipinski definition) is 3. The quantitative estimate of drug-likeness (QED) is 0.588. The molecule has 2 aromatic carbocycles. The van der Waals surface area contributed by atoms with Crippen LogP contribution in [0.5, 0.6) is 0 Å². The maximum Gasteiger partial charge on any atom is 0.253 e. The summed E-state index contributed by atoms with van der Waals surface area (Å²) in [6.45, 7) is 2.29. The molecule has 31 heavy (non-hydrogen) atoms. The molecule has 0 N–H and O–H groups in total. The van der Waals surface area contributed by atoms with Crippen molar-refractivity contribution in [1.29, 1.82) is 0 Å². The van der Waals surface area contributed by atoms with Crippen molar-refractivity contribution in [1.82, 2.24) is 14.8 Å². The first-order valence-corrected chi connectivity index (χ1v) is 10.8. The van der Waals surface area contributed by atoms with Gasteiger partial charge in [-0.25, -0.2) is 4.39 Å². The molecule has 1 aromatic heterocycles. The number of aromatic nitrogens is 1. The molecule has 0 unspecified atom stereocenters. The molecule has 0 radical (unpaired) electrons. The fourth-order valence-corrected chi connectivity index (χ4v) is 4.16. The first kappa shape index (κ1) is 21.2. The zero-order chi connectivity index (χ0) is 21.8. The number of likely N-dealkylation sites (tertiary alicyclic amines) is 1. The Morgan fingerprint density at radius 3 is 2.52 bits per heavy atom. The van der Waals surface area contributed by atoms with Gasteiger partial charge >= 0.3 is 0 Å². The molecule has 0 bridgehead atoms. The van der Waals surface area contributed by atoms with E-state index in [2.05, 4.69) is 4.90 Å². The van der Waals surface area contributed by atoms with Crippen molar-refractivity contribution < 1.29 is 9.18 Å². The minimum Gasteiger partial charge on any atom is -0.338 e. The molecule has 1 aliphatic rings. The van der Waals surface area contributed by atoms with E-state index in [9.17, 15) is 9.18 Å². The van der Waals surface area contributed by atoms with Crippen LogP contribution in [0, 0.1) is 5.82 Å². The SMILES string of the molecule is CN(C)Cc1ccc(C(=O)N2CCC[C@@H](c3cccc(-c4ccc(F)cc4)n3)C2)cc1. The van der Waals surface area contributed by atoms with Crippen molar-refractivity contribution >= 4 is 5.91 Å². The van der Waals surface area contributed by atoms with Crippen LogP contribution in [0.1, 0.15) is 40.4 Å². The predicted octanol–water partition coefficient (Wildman–Crippen LogP) is 4.97. The van der Waals surface area contributed by atoms with E-state index in [1.807, 2.05) is 61.5 Å². The van der Waals surface area contributed by atoms with Gasteiger partial charge in [0.1, 0.15) is 5.82 Å². The highest BCUT2D eigenvalue weighted by Gasteiger charge is 2.26. The number of halogens is 1. The summed E-state index contributed by atoms with van der Waals surface area (Å²) in [7, 11) is 4.07. The lowest BCUT2D eigenvalue weighted by Crippen LogP contribution is -2.39. The average Bonchev–Trinajstić information content (AvgIpc) is 2.79.